The van der Waals surface area contributed by atoms with Gasteiger partial charge in [-0.1, -0.05) is 0 Å². The van der Waals surface area contributed by atoms with Gasteiger partial charge in [0.2, 0.25) is 0 Å². The average Bonchev–Trinajstić information content (AvgIpc) is 3.22. The van der Waals surface area contributed by atoms with Crippen LogP contribution in [0.25, 0.3) is 0 Å². The lowest BCUT2D eigenvalue weighted by atomic mass is 10.2. The van der Waals surface area contributed by atoms with Crippen molar-refractivity contribution < 1.29 is 32.6 Å². The second-order valence-electron chi connectivity index (χ2n) is 6.63. The molecule has 2 aromatic rings. The molecule has 29 heavy (non-hydrogen) atoms. The Morgan fingerprint density at radius 1 is 1.21 bits per heavy atom. The number of esters is 1. The summed E-state index contributed by atoms with van der Waals surface area (Å²) in [5.74, 6) is -2.54. The van der Waals surface area contributed by atoms with Crippen molar-refractivity contribution in [1.82, 2.24) is 0 Å². The van der Waals surface area contributed by atoms with Crippen LogP contribution in [0.5, 0.6) is 5.75 Å². The fraction of sp³-hybridized carbons (Fsp3) is 0.333. The van der Waals surface area contributed by atoms with Crippen LogP contribution in [0.15, 0.2) is 42.5 Å². The number of carbonyl (C=O) groups excluding carboxylic acids is 2. The first-order valence-electron chi connectivity index (χ1n) is 9.24. The third-order valence-corrected chi connectivity index (χ3v) is 4.39. The summed E-state index contributed by atoms with van der Waals surface area (Å²) in [6.45, 7) is 2.55. The number of hydrogen-bond donors (Lipinski definition) is 1. The maximum atomic E-state index is 13.6. The van der Waals surface area contributed by atoms with Crippen LogP contribution in [0.2, 0.25) is 0 Å². The molecule has 1 heterocycles. The van der Waals surface area contributed by atoms with Gasteiger partial charge in [0.15, 0.2) is 6.10 Å². The van der Waals surface area contributed by atoms with Crippen molar-refractivity contribution in [3.63, 3.8) is 0 Å². The second kappa shape index (κ2) is 9.47. The van der Waals surface area contributed by atoms with Crippen molar-refractivity contribution in [3.05, 3.63) is 59.7 Å². The van der Waals surface area contributed by atoms with Gasteiger partial charge in [-0.2, -0.15) is 0 Å². The lowest BCUT2D eigenvalue weighted by Crippen LogP contribution is -2.30. The summed E-state index contributed by atoms with van der Waals surface area (Å²) in [5.41, 5.74) is 0.0362. The Balaban J connectivity index is 1.51. The third-order valence-electron chi connectivity index (χ3n) is 4.39. The van der Waals surface area contributed by atoms with Gasteiger partial charge < -0.3 is 19.5 Å². The molecule has 0 saturated carbocycles. The molecule has 3 rings (SSSR count). The normalized spacial score (nSPS) is 16.9. The number of nitrogens with one attached hydrogen (secondary N) is 1. The maximum absolute atomic E-state index is 13.6. The molecule has 154 valence electrons. The van der Waals surface area contributed by atoms with Crippen molar-refractivity contribution in [2.24, 2.45) is 0 Å². The van der Waals surface area contributed by atoms with E-state index >= 15 is 0 Å². The van der Waals surface area contributed by atoms with Crippen molar-refractivity contribution in [2.45, 2.75) is 32.0 Å². The summed E-state index contributed by atoms with van der Waals surface area (Å²) in [7, 11) is 0. The summed E-state index contributed by atoms with van der Waals surface area (Å²) >= 11 is 0. The first-order chi connectivity index (χ1) is 13.9. The Morgan fingerprint density at radius 3 is 2.62 bits per heavy atom. The Labute approximate surface area is 166 Å². The van der Waals surface area contributed by atoms with Gasteiger partial charge >= 0.3 is 5.97 Å². The maximum Gasteiger partial charge on any atom is 0.338 e. The number of amides is 1. The van der Waals surface area contributed by atoms with Gasteiger partial charge in [0.05, 0.1) is 17.4 Å². The number of anilines is 1. The van der Waals surface area contributed by atoms with Crippen LogP contribution < -0.4 is 10.1 Å². The average molecular weight is 405 g/mol. The van der Waals surface area contributed by atoms with Crippen LogP contribution in [-0.2, 0) is 14.3 Å². The van der Waals surface area contributed by atoms with Gasteiger partial charge in [0, 0.05) is 12.7 Å². The van der Waals surface area contributed by atoms with E-state index in [1.807, 2.05) is 0 Å². The standard InChI is InChI=1S/C21H21F2NO5/c1-13(20(25)24-19-9-6-15(22)11-18(19)23)29-21(26)14-4-7-16(8-5-14)28-12-17-3-2-10-27-17/h4-9,11,13,17H,2-3,10,12H2,1H3,(H,24,25)/t13-,17-/m1/s1. The predicted molar refractivity (Wildman–Crippen MR) is 101 cm³/mol. The van der Waals surface area contributed by atoms with E-state index in [4.69, 9.17) is 14.2 Å². The highest BCUT2D eigenvalue weighted by atomic mass is 19.1. The van der Waals surface area contributed by atoms with Crippen molar-refractivity contribution in [3.8, 4) is 5.75 Å². The zero-order valence-corrected chi connectivity index (χ0v) is 15.8. The van der Waals surface area contributed by atoms with Crippen LogP contribution in [-0.4, -0.2) is 37.3 Å². The number of rotatable bonds is 7. The minimum absolute atomic E-state index is 0.0879. The number of benzene rings is 2. The molecule has 8 heteroatoms. The molecular weight excluding hydrogens is 384 g/mol. The van der Waals surface area contributed by atoms with Gasteiger partial charge in [-0.05, 0) is 56.2 Å². The van der Waals surface area contributed by atoms with Gasteiger partial charge in [0.25, 0.3) is 5.91 Å². The van der Waals surface area contributed by atoms with E-state index in [1.165, 1.54) is 19.1 Å². The molecule has 2 atom stereocenters. The predicted octanol–water partition coefficient (Wildman–Crippen LogP) is 3.71. The van der Waals surface area contributed by atoms with Crippen molar-refractivity contribution in [1.29, 1.82) is 0 Å². The lowest BCUT2D eigenvalue weighted by molar-refractivity contribution is -0.123. The first-order valence-corrected chi connectivity index (χ1v) is 9.24. The first kappa shape index (κ1) is 20.7. The van der Waals surface area contributed by atoms with Gasteiger partial charge in [-0.15, -0.1) is 0 Å². The Hall–Kier alpha value is -3.00. The van der Waals surface area contributed by atoms with Crippen LogP contribution in [0.1, 0.15) is 30.1 Å². The molecule has 6 nitrogen and oxygen atoms in total. The van der Waals surface area contributed by atoms with E-state index in [9.17, 15) is 18.4 Å². The SMILES string of the molecule is C[C@@H](OC(=O)c1ccc(OC[C@H]2CCCO2)cc1)C(=O)Nc1ccc(F)cc1F. The summed E-state index contributed by atoms with van der Waals surface area (Å²) < 4.78 is 42.8. The van der Waals surface area contributed by atoms with E-state index in [-0.39, 0.29) is 17.4 Å². The van der Waals surface area contributed by atoms with Crippen molar-refractivity contribution in [2.75, 3.05) is 18.5 Å². The highest BCUT2D eigenvalue weighted by Crippen LogP contribution is 2.18. The molecule has 0 aromatic heterocycles. The smallest absolute Gasteiger partial charge is 0.338 e. The fourth-order valence-electron chi connectivity index (χ4n) is 2.76. The van der Waals surface area contributed by atoms with Gasteiger partial charge in [0.1, 0.15) is 24.0 Å². The number of ether oxygens (including phenoxy) is 3. The van der Waals surface area contributed by atoms with Crippen LogP contribution in [0.3, 0.4) is 0 Å². The van der Waals surface area contributed by atoms with Gasteiger partial charge in [-0.3, -0.25) is 4.79 Å². The monoisotopic (exact) mass is 405 g/mol. The minimum atomic E-state index is -1.18. The Bertz CT molecular complexity index is 866. The molecule has 1 aliphatic rings. The van der Waals surface area contributed by atoms with Gasteiger partial charge in [-0.25, -0.2) is 13.6 Å². The van der Waals surface area contributed by atoms with E-state index in [2.05, 4.69) is 5.32 Å². The highest BCUT2D eigenvalue weighted by Gasteiger charge is 2.21. The Morgan fingerprint density at radius 2 is 1.97 bits per heavy atom. The molecule has 1 fully saturated rings. The van der Waals surface area contributed by atoms with Crippen molar-refractivity contribution >= 4 is 17.6 Å². The fourth-order valence-corrected chi connectivity index (χ4v) is 2.76. The van der Waals surface area contributed by atoms with E-state index in [0.29, 0.717) is 18.4 Å². The van der Waals surface area contributed by atoms with Crippen LogP contribution in [0, 0.1) is 11.6 Å². The third kappa shape index (κ3) is 5.74. The number of halogens is 2. The Kier molecular flexibility index (Phi) is 6.77. The molecule has 0 aliphatic carbocycles. The molecule has 1 N–H and O–H groups in total. The van der Waals surface area contributed by atoms with Crippen LogP contribution in [0.4, 0.5) is 14.5 Å². The molecular formula is C21H21F2NO5. The molecule has 0 spiro atoms. The van der Waals surface area contributed by atoms with E-state index in [0.717, 1.165) is 31.6 Å². The van der Waals surface area contributed by atoms with Crippen LogP contribution >= 0.6 is 0 Å². The summed E-state index contributed by atoms with van der Waals surface area (Å²) in [6.07, 6.45) is 0.900. The molecule has 1 saturated heterocycles. The summed E-state index contributed by atoms with van der Waals surface area (Å²) in [5, 5.41) is 2.26. The van der Waals surface area contributed by atoms with E-state index < -0.39 is 29.6 Å². The number of hydrogen-bond acceptors (Lipinski definition) is 5. The molecule has 0 bridgehead atoms. The zero-order valence-electron chi connectivity index (χ0n) is 15.8. The molecule has 2 aromatic carbocycles. The quantitative estimate of drug-likeness (QED) is 0.711. The van der Waals surface area contributed by atoms with E-state index in [1.54, 1.807) is 12.1 Å². The lowest BCUT2D eigenvalue weighted by Gasteiger charge is -2.14. The summed E-state index contributed by atoms with van der Waals surface area (Å²) in [4.78, 5) is 24.3. The topological polar surface area (TPSA) is 73.9 Å². The zero-order chi connectivity index (χ0) is 20.8. The summed E-state index contributed by atoms with van der Waals surface area (Å²) in [6, 6.07) is 9.06. The molecule has 1 amide bonds. The molecule has 1 aliphatic heterocycles. The second-order valence-corrected chi connectivity index (χ2v) is 6.63. The molecule has 0 radical (unpaired) electrons. The minimum Gasteiger partial charge on any atom is -0.491 e. The number of carbonyl (C=O) groups is 2. The largest absolute Gasteiger partial charge is 0.491 e. The molecule has 0 unspecified atom stereocenters. The highest BCUT2D eigenvalue weighted by molar-refractivity contribution is 5.97.